The molecule has 2 heterocycles. The van der Waals surface area contributed by atoms with Gasteiger partial charge >= 0.3 is 0 Å². The molecule has 3 aromatic rings. The van der Waals surface area contributed by atoms with Gasteiger partial charge in [-0.15, -0.1) is 0 Å². The first-order valence-corrected chi connectivity index (χ1v) is 10.2. The summed E-state index contributed by atoms with van der Waals surface area (Å²) in [5.74, 6) is 1.50. The van der Waals surface area contributed by atoms with E-state index in [0.717, 1.165) is 11.1 Å². The van der Waals surface area contributed by atoms with Crippen LogP contribution in [0.2, 0.25) is 0 Å². The average molecular weight is 458 g/mol. The summed E-state index contributed by atoms with van der Waals surface area (Å²) in [6, 6.07) is 17.1. The van der Waals surface area contributed by atoms with Crippen molar-refractivity contribution in [2.24, 2.45) is 10.2 Å². The van der Waals surface area contributed by atoms with Crippen molar-refractivity contribution in [1.82, 2.24) is 10.9 Å². The van der Waals surface area contributed by atoms with Gasteiger partial charge in [0.2, 0.25) is 13.6 Å². The lowest BCUT2D eigenvalue weighted by Crippen LogP contribution is -2.17. The Hall–Kier alpha value is -4.86. The van der Waals surface area contributed by atoms with E-state index in [9.17, 15) is 9.59 Å². The molecule has 0 unspecified atom stereocenters. The zero-order valence-corrected chi connectivity index (χ0v) is 17.7. The van der Waals surface area contributed by atoms with E-state index in [1.807, 2.05) is 18.2 Å². The quantitative estimate of drug-likeness (QED) is 0.433. The molecule has 34 heavy (non-hydrogen) atoms. The third kappa shape index (κ3) is 4.65. The van der Waals surface area contributed by atoms with E-state index in [2.05, 4.69) is 21.1 Å². The summed E-state index contributed by atoms with van der Waals surface area (Å²) in [7, 11) is 0. The van der Waals surface area contributed by atoms with Crippen LogP contribution in [0.5, 0.6) is 23.0 Å². The van der Waals surface area contributed by atoms with Crippen LogP contribution in [0, 0.1) is 0 Å². The van der Waals surface area contributed by atoms with Gasteiger partial charge < -0.3 is 18.9 Å². The summed E-state index contributed by atoms with van der Waals surface area (Å²) in [6.45, 7) is 0.278. The fourth-order valence-corrected chi connectivity index (χ4v) is 3.26. The van der Waals surface area contributed by atoms with Gasteiger partial charge in [-0.1, -0.05) is 18.2 Å². The van der Waals surface area contributed by atoms with E-state index in [-0.39, 0.29) is 25.4 Å². The number of benzene rings is 3. The summed E-state index contributed by atoms with van der Waals surface area (Å²) in [4.78, 5) is 24.6. The number of fused-ring (bicyclic) bond motifs is 2. The molecule has 5 rings (SSSR count). The number of ether oxygens (including phenoxy) is 4. The zero-order chi connectivity index (χ0) is 23.3. The number of rotatable bonds is 6. The first kappa shape index (κ1) is 21.0. The van der Waals surface area contributed by atoms with E-state index in [1.54, 1.807) is 42.5 Å². The molecule has 3 aromatic carbocycles. The van der Waals surface area contributed by atoms with Crippen molar-refractivity contribution < 1.29 is 28.5 Å². The number of amides is 2. The number of hydrogen-bond donors (Lipinski definition) is 2. The molecule has 0 bridgehead atoms. The largest absolute Gasteiger partial charge is 0.454 e. The molecule has 0 radical (unpaired) electrons. The second-order valence-electron chi connectivity index (χ2n) is 7.20. The minimum atomic E-state index is -0.376. The van der Waals surface area contributed by atoms with Crippen molar-refractivity contribution in [2.45, 2.75) is 0 Å². The first-order valence-electron chi connectivity index (χ1n) is 10.2. The van der Waals surface area contributed by atoms with Crippen LogP contribution in [0.3, 0.4) is 0 Å². The molecule has 2 aliphatic heterocycles. The van der Waals surface area contributed by atoms with Gasteiger partial charge in [0.05, 0.1) is 12.4 Å². The molecule has 0 fully saturated rings. The summed E-state index contributed by atoms with van der Waals surface area (Å²) >= 11 is 0. The number of nitrogens with zero attached hydrogens (tertiary/aromatic N) is 2. The summed E-state index contributed by atoms with van der Waals surface area (Å²) in [5, 5.41) is 7.99. The van der Waals surface area contributed by atoms with Gasteiger partial charge in [0.1, 0.15) is 0 Å². The molecule has 0 spiro atoms. The van der Waals surface area contributed by atoms with Gasteiger partial charge in [0.25, 0.3) is 11.8 Å². The van der Waals surface area contributed by atoms with Crippen LogP contribution in [-0.4, -0.2) is 37.8 Å². The van der Waals surface area contributed by atoms with Crippen LogP contribution in [-0.2, 0) is 0 Å². The standard InChI is InChI=1S/C24H18N4O6/c29-23(17-4-6-19-21(9-17)33-13-31-19)27-25-11-15-2-1-3-16(8-15)12-26-28-24(30)18-5-7-20-22(10-18)34-14-32-20/h1-12H,13-14H2,(H,27,29)(H,28,30)/b25-11+,26-12+. The van der Waals surface area contributed by atoms with Crippen LogP contribution in [0.15, 0.2) is 70.9 Å². The summed E-state index contributed by atoms with van der Waals surface area (Å²) in [5.41, 5.74) is 7.23. The number of hydrogen-bond acceptors (Lipinski definition) is 8. The molecule has 2 amide bonds. The molecule has 2 aliphatic rings. The van der Waals surface area contributed by atoms with E-state index < -0.39 is 0 Å². The predicted octanol–water partition coefficient (Wildman–Crippen LogP) is 2.67. The molecular weight excluding hydrogens is 440 g/mol. The Bertz CT molecular complexity index is 1220. The van der Waals surface area contributed by atoms with Gasteiger partial charge in [0.15, 0.2) is 23.0 Å². The Balaban J connectivity index is 1.16. The topological polar surface area (TPSA) is 120 Å². The van der Waals surface area contributed by atoms with Crippen molar-refractivity contribution in [1.29, 1.82) is 0 Å². The average Bonchev–Trinajstić information content (AvgIpc) is 3.52. The molecule has 2 N–H and O–H groups in total. The van der Waals surface area contributed by atoms with Crippen LogP contribution < -0.4 is 29.8 Å². The maximum Gasteiger partial charge on any atom is 0.271 e. The molecule has 10 heteroatoms. The van der Waals surface area contributed by atoms with E-state index in [4.69, 9.17) is 18.9 Å². The minimum Gasteiger partial charge on any atom is -0.454 e. The zero-order valence-electron chi connectivity index (χ0n) is 17.7. The molecule has 0 saturated heterocycles. The molecule has 0 aliphatic carbocycles. The third-order valence-corrected chi connectivity index (χ3v) is 4.94. The number of hydrazone groups is 2. The maximum atomic E-state index is 12.3. The van der Waals surface area contributed by atoms with Crippen molar-refractivity contribution in [3.05, 3.63) is 82.9 Å². The van der Waals surface area contributed by atoms with Gasteiger partial charge in [0, 0.05) is 11.1 Å². The second-order valence-corrected chi connectivity index (χ2v) is 7.20. The van der Waals surface area contributed by atoms with Gasteiger partial charge in [-0.2, -0.15) is 10.2 Å². The summed E-state index contributed by atoms with van der Waals surface area (Å²) < 4.78 is 21.0. The van der Waals surface area contributed by atoms with E-state index in [0.29, 0.717) is 34.1 Å². The highest BCUT2D eigenvalue weighted by molar-refractivity contribution is 5.96. The van der Waals surface area contributed by atoms with Crippen LogP contribution in [0.25, 0.3) is 0 Å². The van der Waals surface area contributed by atoms with Crippen molar-refractivity contribution >= 4 is 24.2 Å². The molecule has 170 valence electrons. The molecule has 0 saturated carbocycles. The monoisotopic (exact) mass is 458 g/mol. The number of nitrogens with one attached hydrogen (secondary N) is 2. The van der Waals surface area contributed by atoms with Crippen molar-refractivity contribution in [2.75, 3.05) is 13.6 Å². The molecule has 0 aromatic heterocycles. The fraction of sp³-hybridized carbons (Fsp3) is 0.0833. The Morgan fingerprint density at radius 3 is 1.62 bits per heavy atom. The van der Waals surface area contributed by atoms with E-state index in [1.165, 1.54) is 12.4 Å². The number of carbonyl (C=O) groups is 2. The van der Waals surface area contributed by atoms with Crippen LogP contribution in [0.1, 0.15) is 31.8 Å². The molecule has 10 nitrogen and oxygen atoms in total. The third-order valence-electron chi connectivity index (χ3n) is 4.94. The minimum absolute atomic E-state index is 0.139. The Kier molecular flexibility index (Phi) is 5.76. The van der Waals surface area contributed by atoms with Crippen molar-refractivity contribution in [3.63, 3.8) is 0 Å². The fourth-order valence-electron chi connectivity index (χ4n) is 3.26. The summed E-state index contributed by atoms with van der Waals surface area (Å²) in [6.07, 6.45) is 3.01. The highest BCUT2D eigenvalue weighted by atomic mass is 16.7. The maximum absolute atomic E-state index is 12.3. The highest BCUT2D eigenvalue weighted by Gasteiger charge is 2.17. The lowest BCUT2D eigenvalue weighted by Gasteiger charge is -2.02. The Morgan fingerprint density at radius 2 is 1.12 bits per heavy atom. The Morgan fingerprint density at radius 1 is 0.647 bits per heavy atom. The lowest BCUT2D eigenvalue weighted by atomic mass is 10.1. The van der Waals surface area contributed by atoms with Crippen LogP contribution >= 0.6 is 0 Å². The second kappa shape index (κ2) is 9.33. The van der Waals surface area contributed by atoms with Crippen molar-refractivity contribution in [3.8, 4) is 23.0 Å². The first-order chi connectivity index (χ1) is 16.7. The van der Waals surface area contributed by atoms with Gasteiger partial charge in [-0.3, -0.25) is 9.59 Å². The predicted molar refractivity (Wildman–Crippen MR) is 122 cm³/mol. The van der Waals surface area contributed by atoms with Gasteiger partial charge in [-0.05, 0) is 53.6 Å². The highest BCUT2D eigenvalue weighted by Crippen LogP contribution is 2.33. The Labute approximate surface area is 193 Å². The normalized spacial score (nSPS) is 13.4. The van der Waals surface area contributed by atoms with Gasteiger partial charge in [-0.25, -0.2) is 10.9 Å². The van der Waals surface area contributed by atoms with Crippen LogP contribution in [0.4, 0.5) is 0 Å². The van der Waals surface area contributed by atoms with E-state index >= 15 is 0 Å². The molecule has 0 atom stereocenters. The number of carbonyl (C=O) groups excluding carboxylic acids is 2. The SMILES string of the molecule is O=C(N/N=C/c1cccc(/C=N/NC(=O)c2ccc3c(c2)OCO3)c1)c1ccc2c(c1)OCO2. The lowest BCUT2D eigenvalue weighted by molar-refractivity contribution is 0.0947. The smallest absolute Gasteiger partial charge is 0.271 e. The molecular formula is C24H18N4O6.